The Morgan fingerprint density at radius 1 is 1.78 bits per heavy atom. The molecule has 0 saturated carbocycles. The van der Waals surface area contributed by atoms with Crippen LogP contribution in [0.25, 0.3) is 0 Å². The van der Waals surface area contributed by atoms with Gasteiger partial charge in [0.05, 0.1) is 6.10 Å². The Morgan fingerprint density at radius 2 is 2.56 bits per heavy atom. The van der Waals surface area contributed by atoms with Gasteiger partial charge in [-0.2, -0.15) is 0 Å². The first kappa shape index (κ1) is 6.99. The Hall–Kier alpha value is -0.120. The molecule has 0 radical (unpaired) electrons. The Labute approximate surface area is 55.1 Å². The lowest BCUT2D eigenvalue weighted by atomic mass is 10.2. The van der Waals surface area contributed by atoms with Crippen molar-refractivity contribution in [2.24, 2.45) is 5.90 Å². The molecule has 54 valence electrons. The van der Waals surface area contributed by atoms with E-state index < -0.39 is 0 Å². The fourth-order valence-electron chi connectivity index (χ4n) is 1.06. The molecule has 3 nitrogen and oxygen atoms in total. The number of rotatable bonds is 2. The molecule has 1 rings (SSSR count). The zero-order valence-electron chi connectivity index (χ0n) is 5.67. The van der Waals surface area contributed by atoms with Crippen molar-refractivity contribution in [3.63, 3.8) is 0 Å². The molecule has 0 spiro atoms. The average molecular weight is 131 g/mol. The topological polar surface area (TPSA) is 44.5 Å². The van der Waals surface area contributed by atoms with Crippen LogP contribution >= 0.6 is 0 Å². The van der Waals surface area contributed by atoms with Gasteiger partial charge < -0.3 is 4.74 Å². The van der Waals surface area contributed by atoms with Crippen molar-refractivity contribution in [1.29, 1.82) is 0 Å². The van der Waals surface area contributed by atoms with Gasteiger partial charge in [0, 0.05) is 6.61 Å². The lowest BCUT2D eigenvalue weighted by Crippen LogP contribution is -2.27. The van der Waals surface area contributed by atoms with Gasteiger partial charge in [0.25, 0.3) is 0 Å². The van der Waals surface area contributed by atoms with Gasteiger partial charge in [-0.05, 0) is 19.8 Å². The highest BCUT2D eigenvalue weighted by Gasteiger charge is 2.21. The normalized spacial score (nSPS) is 30.7. The number of hydrogen-bond donors (Lipinski definition) is 1. The third-order valence-electron chi connectivity index (χ3n) is 1.70. The van der Waals surface area contributed by atoms with Crippen LogP contribution in [0.5, 0.6) is 0 Å². The summed E-state index contributed by atoms with van der Waals surface area (Å²) in [5, 5.41) is 0. The van der Waals surface area contributed by atoms with E-state index in [0.29, 0.717) is 0 Å². The molecular formula is C6H13NO2. The fraction of sp³-hybridized carbons (Fsp3) is 1.00. The summed E-state index contributed by atoms with van der Waals surface area (Å²) >= 11 is 0. The Balaban J connectivity index is 2.24. The molecule has 9 heavy (non-hydrogen) atoms. The van der Waals surface area contributed by atoms with E-state index in [1.807, 2.05) is 6.92 Å². The Morgan fingerprint density at radius 3 is 3.00 bits per heavy atom. The largest absolute Gasteiger partial charge is 0.375 e. The minimum Gasteiger partial charge on any atom is -0.375 e. The fourth-order valence-corrected chi connectivity index (χ4v) is 1.06. The summed E-state index contributed by atoms with van der Waals surface area (Å²) < 4.78 is 5.30. The summed E-state index contributed by atoms with van der Waals surface area (Å²) in [6.07, 6.45) is 2.50. The second kappa shape index (κ2) is 3.15. The van der Waals surface area contributed by atoms with E-state index in [0.717, 1.165) is 19.4 Å². The molecular weight excluding hydrogens is 118 g/mol. The van der Waals surface area contributed by atoms with E-state index in [1.54, 1.807) is 0 Å². The highest BCUT2D eigenvalue weighted by atomic mass is 16.6. The maximum absolute atomic E-state index is 5.30. The van der Waals surface area contributed by atoms with Gasteiger partial charge in [-0.1, -0.05) is 0 Å². The summed E-state index contributed by atoms with van der Waals surface area (Å²) in [5.41, 5.74) is 0. The molecule has 1 aliphatic rings. The van der Waals surface area contributed by atoms with Crippen LogP contribution in [0.3, 0.4) is 0 Å². The number of hydrogen-bond acceptors (Lipinski definition) is 3. The predicted octanol–water partition coefficient (Wildman–Crippen LogP) is 0.444. The van der Waals surface area contributed by atoms with Gasteiger partial charge in [-0.3, -0.25) is 4.84 Å². The second-order valence-corrected chi connectivity index (χ2v) is 2.39. The standard InChI is InChI=1S/C6H13NO2/c1-5(9-7)6-3-2-4-8-6/h5-6H,2-4,7H2,1H3. The quantitative estimate of drug-likeness (QED) is 0.553. The smallest absolute Gasteiger partial charge is 0.102 e. The molecule has 0 bridgehead atoms. The molecule has 0 aromatic heterocycles. The highest BCUT2D eigenvalue weighted by molar-refractivity contribution is 4.70. The van der Waals surface area contributed by atoms with Crippen molar-refractivity contribution < 1.29 is 9.57 Å². The van der Waals surface area contributed by atoms with Gasteiger partial charge in [0.15, 0.2) is 0 Å². The third-order valence-corrected chi connectivity index (χ3v) is 1.70. The van der Waals surface area contributed by atoms with E-state index in [1.165, 1.54) is 0 Å². The van der Waals surface area contributed by atoms with Crippen LogP contribution in [0.1, 0.15) is 19.8 Å². The second-order valence-electron chi connectivity index (χ2n) is 2.39. The lowest BCUT2D eigenvalue weighted by Gasteiger charge is -2.14. The molecule has 2 N–H and O–H groups in total. The zero-order valence-corrected chi connectivity index (χ0v) is 5.67. The summed E-state index contributed by atoms with van der Waals surface area (Å²) in [4.78, 5) is 4.61. The van der Waals surface area contributed by atoms with Gasteiger partial charge >= 0.3 is 0 Å². The third kappa shape index (κ3) is 1.64. The first-order valence-corrected chi connectivity index (χ1v) is 3.31. The molecule has 0 aromatic rings. The van der Waals surface area contributed by atoms with Crippen molar-refractivity contribution in [2.75, 3.05) is 6.61 Å². The SMILES string of the molecule is CC(ON)C1CCCO1. The summed E-state index contributed by atoms with van der Waals surface area (Å²) in [6.45, 7) is 2.79. The van der Waals surface area contributed by atoms with Crippen LogP contribution in [0.4, 0.5) is 0 Å². The highest BCUT2D eigenvalue weighted by Crippen LogP contribution is 2.16. The molecule has 2 unspecified atom stereocenters. The van der Waals surface area contributed by atoms with Gasteiger partial charge in [0.2, 0.25) is 0 Å². The zero-order chi connectivity index (χ0) is 6.69. The number of ether oxygens (including phenoxy) is 1. The maximum Gasteiger partial charge on any atom is 0.102 e. The molecule has 2 atom stereocenters. The van der Waals surface area contributed by atoms with E-state index in [2.05, 4.69) is 4.84 Å². The molecule has 0 amide bonds. The molecule has 0 aliphatic carbocycles. The van der Waals surface area contributed by atoms with Crippen molar-refractivity contribution in [1.82, 2.24) is 0 Å². The number of nitrogens with two attached hydrogens (primary N) is 1. The minimum atomic E-state index is 0.0486. The lowest BCUT2D eigenvalue weighted by molar-refractivity contribution is -0.0399. The van der Waals surface area contributed by atoms with E-state index in [-0.39, 0.29) is 12.2 Å². The summed E-state index contributed by atoms with van der Waals surface area (Å²) in [6, 6.07) is 0. The van der Waals surface area contributed by atoms with E-state index in [9.17, 15) is 0 Å². The first-order valence-electron chi connectivity index (χ1n) is 3.31. The molecule has 3 heteroatoms. The van der Waals surface area contributed by atoms with Crippen LogP contribution in [-0.4, -0.2) is 18.8 Å². The van der Waals surface area contributed by atoms with Crippen LogP contribution in [0, 0.1) is 0 Å². The molecule has 1 fully saturated rings. The van der Waals surface area contributed by atoms with Crippen molar-refractivity contribution >= 4 is 0 Å². The predicted molar refractivity (Wildman–Crippen MR) is 33.7 cm³/mol. The van der Waals surface area contributed by atoms with Crippen LogP contribution < -0.4 is 5.90 Å². The van der Waals surface area contributed by atoms with Gasteiger partial charge in [-0.25, -0.2) is 5.90 Å². The van der Waals surface area contributed by atoms with Crippen molar-refractivity contribution in [3.8, 4) is 0 Å². The molecule has 1 saturated heterocycles. The van der Waals surface area contributed by atoms with E-state index in [4.69, 9.17) is 10.6 Å². The Kier molecular flexibility index (Phi) is 2.45. The van der Waals surface area contributed by atoms with Crippen LogP contribution in [0.15, 0.2) is 0 Å². The van der Waals surface area contributed by atoms with Crippen LogP contribution in [-0.2, 0) is 9.57 Å². The monoisotopic (exact) mass is 131 g/mol. The van der Waals surface area contributed by atoms with E-state index >= 15 is 0 Å². The Bertz CT molecular complexity index is 81.1. The van der Waals surface area contributed by atoms with Gasteiger partial charge in [0.1, 0.15) is 6.10 Å². The maximum atomic E-state index is 5.30. The average Bonchev–Trinajstić information content (AvgIpc) is 2.37. The van der Waals surface area contributed by atoms with Crippen molar-refractivity contribution in [2.45, 2.75) is 32.0 Å². The van der Waals surface area contributed by atoms with Gasteiger partial charge in [-0.15, -0.1) is 0 Å². The van der Waals surface area contributed by atoms with Crippen LogP contribution in [0.2, 0.25) is 0 Å². The van der Waals surface area contributed by atoms with Crippen molar-refractivity contribution in [3.05, 3.63) is 0 Å². The summed E-state index contributed by atoms with van der Waals surface area (Å²) in [7, 11) is 0. The molecule has 0 aromatic carbocycles. The summed E-state index contributed by atoms with van der Waals surface area (Å²) in [5.74, 6) is 4.97. The first-order chi connectivity index (χ1) is 4.34. The molecule has 1 heterocycles. The molecule has 1 aliphatic heterocycles. The minimum absolute atomic E-state index is 0.0486.